The van der Waals surface area contributed by atoms with Gasteiger partial charge < -0.3 is 5.32 Å². The van der Waals surface area contributed by atoms with Crippen LogP contribution in [0.5, 0.6) is 0 Å². The summed E-state index contributed by atoms with van der Waals surface area (Å²) < 4.78 is 28.2. The van der Waals surface area contributed by atoms with Crippen molar-refractivity contribution in [2.24, 2.45) is 5.92 Å². The number of aromatic nitrogens is 2. The van der Waals surface area contributed by atoms with Gasteiger partial charge in [0, 0.05) is 23.7 Å². The van der Waals surface area contributed by atoms with Crippen molar-refractivity contribution in [2.75, 3.05) is 11.3 Å². The topological polar surface area (TPSA) is 104 Å². The average molecular weight is 427 g/mol. The van der Waals surface area contributed by atoms with Crippen LogP contribution in [0.3, 0.4) is 0 Å². The second kappa shape index (κ2) is 8.71. The SMILES string of the molecule is Cc1ccc(S(=O)(=O)Nc2cc(-c3ccccc3C)[nH]n2)cc1C(=O)NCC(C)C. The highest BCUT2D eigenvalue weighted by Gasteiger charge is 2.20. The summed E-state index contributed by atoms with van der Waals surface area (Å²) in [6.07, 6.45) is 0. The van der Waals surface area contributed by atoms with E-state index in [1.54, 1.807) is 19.1 Å². The van der Waals surface area contributed by atoms with Crippen molar-refractivity contribution in [1.29, 1.82) is 0 Å². The molecule has 3 N–H and O–H groups in total. The Hall–Kier alpha value is -3.13. The molecule has 0 spiro atoms. The minimum atomic E-state index is -3.91. The van der Waals surface area contributed by atoms with Crippen LogP contribution in [0.15, 0.2) is 53.4 Å². The number of H-pyrrole nitrogens is 1. The van der Waals surface area contributed by atoms with E-state index >= 15 is 0 Å². The summed E-state index contributed by atoms with van der Waals surface area (Å²) in [6, 6.07) is 13.9. The first kappa shape index (κ1) is 21.6. The third-order valence-corrected chi connectivity index (χ3v) is 6.04. The number of amides is 1. The average Bonchev–Trinajstić information content (AvgIpc) is 3.14. The van der Waals surface area contributed by atoms with Crippen LogP contribution in [0.2, 0.25) is 0 Å². The largest absolute Gasteiger partial charge is 0.352 e. The monoisotopic (exact) mass is 426 g/mol. The molecule has 0 saturated carbocycles. The van der Waals surface area contributed by atoms with Gasteiger partial charge in [-0.2, -0.15) is 5.10 Å². The van der Waals surface area contributed by atoms with E-state index in [-0.39, 0.29) is 16.6 Å². The molecule has 0 atom stereocenters. The molecule has 0 aliphatic rings. The lowest BCUT2D eigenvalue weighted by atomic mass is 10.1. The van der Waals surface area contributed by atoms with Gasteiger partial charge in [0.1, 0.15) is 0 Å². The zero-order valence-electron chi connectivity index (χ0n) is 17.5. The van der Waals surface area contributed by atoms with Crippen molar-refractivity contribution < 1.29 is 13.2 Å². The second-order valence-electron chi connectivity index (χ2n) is 7.67. The molecule has 3 aromatic rings. The molecular formula is C22H26N4O3S. The number of rotatable bonds is 7. The number of nitrogens with one attached hydrogen (secondary N) is 3. The molecule has 0 fully saturated rings. The number of aryl methyl sites for hydroxylation is 2. The lowest BCUT2D eigenvalue weighted by molar-refractivity contribution is 0.0948. The minimum absolute atomic E-state index is 0.00300. The fourth-order valence-corrected chi connectivity index (χ4v) is 4.01. The number of hydrogen-bond donors (Lipinski definition) is 3. The van der Waals surface area contributed by atoms with E-state index < -0.39 is 10.0 Å². The normalized spacial score (nSPS) is 11.5. The molecular weight excluding hydrogens is 400 g/mol. The summed E-state index contributed by atoms with van der Waals surface area (Å²) in [5.74, 6) is 0.185. The first-order valence-electron chi connectivity index (χ1n) is 9.70. The van der Waals surface area contributed by atoms with E-state index in [1.165, 1.54) is 12.1 Å². The maximum atomic E-state index is 12.9. The Kier molecular flexibility index (Phi) is 6.26. The Morgan fingerprint density at radius 2 is 1.80 bits per heavy atom. The summed E-state index contributed by atoms with van der Waals surface area (Å²) in [5.41, 5.74) is 3.74. The van der Waals surface area contributed by atoms with Crippen molar-refractivity contribution in [3.05, 3.63) is 65.2 Å². The van der Waals surface area contributed by atoms with Crippen molar-refractivity contribution in [3.8, 4) is 11.3 Å². The molecule has 3 rings (SSSR count). The summed E-state index contributed by atoms with van der Waals surface area (Å²) >= 11 is 0. The maximum Gasteiger partial charge on any atom is 0.263 e. The number of sulfonamides is 1. The fourth-order valence-electron chi connectivity index (χ4n) is 2.99. The van der Waals surface area contributed by atoms with Gasteiger partial charge >= 0.3 is 0 Å². The van der Waals surface area contributed by atoms with Crippen LogP contribution in [-0.4, -0.2) is 31.1 Å². The predicted octanol–water partition coefficient (Wildman–Crippen LogP) is 3.88. The summed E-state index contributed by atoms with van der Waals surface area (Å²) in [6.45, 7) is 8.25. The van der Waals surface area contributed by atoms with Crippen LogP contribution in [0.25, 0.3) is 11.3 Å². The predicted molar refractivity (Wildman–Crippen MR) is 118 cm³/mol. The van der Waals surface area contributed by atoms with Crippen molar-refractivity contribution in [2.45, 2.75) is 32.6 Å². The number of nitrogens with zero attached hydrogens (tertiary/aromatic N) is 1. The van der Waals surface area contributed by atoms with Crippen LogP contribution in [0.1, 0.15) is 35.3 Å². The Morgan fingerprint density at radius 1 is 1.07 bits per heavy atom. The molecule has 30 heavy (non-hydrogen) atoms. The zero-order chi connectivity index (χ0) is 21.9. The van der Waals surface area contributed by atoms with Crippen LogP contribution in [0, 0.1) is 19.8 Å². The number of aromatic amines is 1. The van der Waals surface area contributed by atoms with E-state index in [4.69, 9.17) is 0 Å². The Morgan fingerprint density at radius 3 is 2.50 bits per heavy atom. The molecule has 0 unspecified atom stereocenters. The van der Waals surface area contributed by atoms with Gasteiger partial charge in [-0.1, -0.05) is 44.2 Å². The van der Waals surface area contributed by atoms with Gasteiger partial charge in [-0.25, -0.2) is 8.42 Å². The molecule has 0 aliphatic carbocycles. The Balaban J connectivity index is 1.84. The third kappa shape index (κ3) is 4.88. The quantitative estimate of drug-likeness (QED) is 0.533. The molecule has 0 bridgehead atoms. The van der Waals surface area contributed by atoms with Gasteiger partial charge in [0.2, 0.25) is 0 Å². The van der Waals surface area contributed by atoms with Gasteiger partial charge in [0.05, 0.1) is 10.6 Å². The second-order valence-corrected chi connectivity index (χ2v) is 9.35. The molecule has 1 heterocycles. The summed E-state index contributed by atoms with van der Waals surface area (Å²) in [4.78, 5) is 12.5. The minimum Gasteiger partial charge on any atom is -0.352 e. The van der Waals surface area contributed by atoms with Crippen LogP contribution >= 0.6 is 0 Å². The molecule has 8 heteroatoms. The summed E-state index contributed by atoms with van der Waals surface area (Å²) in [7, 11) is -3.91. The first-order valence-corrected chi connectivity index (χ1v) is 11.2. The molecule has 2 aromatic carbocycles. The van der Waals surface area contributed by atoms with E-state index in [0.717, 1.165) is 11.1 Å². The maximum absolute atomic E-state index is 12.9. The zero-order valence-corrected chi connectivity index (χ0v) is 18.3. The lowest BCUT2D eigenvalue weighted by Crippen LogP contribution is -2.28. The highest BCUT2D eigenvalue weighted by atomic mass is 32.2. The van der Waals surface area contributed by atoms with Crippen LogP contribution in [0.4, 0.5) is 5.82 Å². The van der Waals surface area contributed by atoms with E-state index in [1.807, 2.05) is 45.0 Å². The van der Waals surface area contributed by atoms with Crippen molar-refractivity contribution >= 4 is 21.7 Å². The molecule has 1 aromatic heterocycles. The van der Waals surface area contributed by atoms with Gasteiger partial charge in [-0.05, 0) is 43.0 Å². The molecule has 158 valence electrons. The molecule has 7 nitrogen and oxygen atoms in total. The van der Waals surface area contributed by atoms with Gasteiger partial charge in [-0.3, -0.25) is 14.6 Å². The fraction of sp³-hybridized carbons (Fsp3) is 0.273. The number of benzene rings is 2. The highest BCUT2D eigenvalue weighted by molar-refractivity contribution is 7.92. The number of carbonyl (C=O) groups is 1. The lowest BCUT2D eigenvalue weighted by Gasteiger charge is -2.12. The van der Waals surface area contributed by atoms with Crippen LogP contribution < -0.4 is 10.0 Å². The van der Waals surface area contributed by atoms with Gasteiger partial charge in [-0.15, -0.1) is 0 Å². The first-order chi connectivity index (χ1) is 14.2. The highest BCUT2D eigenvalue weighted by Crippen LogP contribution is 2.25. The molecule has 0 saturated heterocycles. The summed E-state index contributed by atoms with van der Waals surface area (Å²) in [5, 5.41) is 9.76. The van der Waals surface area contributed by atoms with E-state index in [2.05, 4.69) is 20.2 Å². The van der Waals surface area contributed by atoms with E-state index in [9.17, 15) is 13.2 Å². The van der Waals surface area contributed by atoms with Gasteiger partial charge in [0.25, 0.3) is 15.9 Å². The van der Waals surface area contributed by atoms with Crippen molar-refractivity contribution in [3.63, 3.8) is 0 Å². The Labute approximate surface area is 177 Å². The smallest absolute Gasteiger partial charge is 0.263 e. The number of anilines is 1. The van der Waals surface area contributed by atoms with E-state index in [0.29, 0.717) is 29.3 Å². The molecule has 0 aliphatic heterocycles. The standard InChI is InChI=1S/C22H26N4O3S/c1-14(2)13-23-22(27)19-11-17(10-9-16(19)4)30(28,29)26-21-12-20(24-25-21)18-8-6-5-7-15(18)3/h5-12,14H,13H2,1-4H3,(H,23,27)(H2,24,25,26). The van der Waals surface area contributed by atoms with Crippen LogP contribution in [-0.2, 0) is 10.0 Å². The van der Waals surface area contributed by atoms with Gasteiger partial charge in [0.15, 0.2) is 5.82 Å². The number of carbonyl (C=O) groups excluding carboxylic acids is 1. The third-order valence-electron chi connectivity index (χ3n) is 4.69. The van der Waals surface area contributed by atoms with Crippen molar-refractivity contribution in [1.82, 2.24) is 15.5 Å². The molecule has 0 radical (unpaired) electrons. The Bertz CT molecular complexity index is 1170. The molecule has 1 amide bonds. The number of hydrogen-bond acceptors (Lipinski definition) is 4.